The molecule has 4 aromatic rings. The van der Waals surface area contributed by atoms with Crippen molar-refractivity contribution in [2.24, 2.45) is 0 Å². The van der Waals surface area contributed by atoms with Crippen LogP contribution < -0.4 is 14.8 Å². The predicted octanol–water partition coefficient (Wildman–Crippen LogP) is 1.77. The third-order valence-electron chi connectivity index (χ3n) is 4.78. The molecule has 4 heterocycles. The average Bonchev–Trinajstić information content (AvgIpc) is 3.22. The zero-order chi connectivity index (χ0) is 20.5. The second kappa shape index (κ2) is 7.56. The van der Waals surface area contributed by atoms with Gasteiger partial charge in [0.25, 0.3) is 5.78 Å². The number of hydrogen-bond acceptors (Lipinski definition) is 9. The molecular formula is C20H19N7O3. The van der Waals surface area contributed by atoms with E-state index in [-0.39, 0.29) is 6.61 Å². The third-order valence-corrected chi connectivity index (χ3v) is 4.78. The van der Waals surface area contributed by atoms with E-state index in [1.165, 1.54) is 0 Å². The van der Waals surface area contributed by atoms with Crippen molar-refractivity contribution in [3.63, 3.8) is 0 Å². The lowest BCUT2D eigenvalue weighted by Crippen LogP contribution is -2.15. The summed E-state index contributed by atoms with van der Waals surface area (Å²) in [5.41, 5.74) is 3.37. The van der Waals surface area contributed by atoms with E-state index in [0.717, 1.165) is 28.3 Å². The molecule has 10 nitrogen and oxygen atoms in total. The van der Waals surface area contributed by atoms with Gasteiger partial charge in [-0.3, -0.25) is 0 Å². The summed E-state index contributed by atoms with van der Waals surface area (Å²) in [7, 11) is 0. The molecule has 5 rings (SSSR count). The highest BCUT2D eigenvalue weighted by Crippen LogP contribution is 2.31. The van der Waals surface area contributed by atoms with Gasteiger partial charge in [0.1, 0.15) is 19.8 Å². The number of aryl methyl sites for hydroxylation is 1. The zero-order valence-electron chi connectivity index (χ0n) is 16.2. The molecule has 0 atom stereocenters. The van der Waals surface area contributed by atoms with E-state index in [0.29, 0.717) is 43.0 Å². The van der Waals surface area contributed by atoms with Crippen LogP contribution in [0.4, 0.5) is 5.95 Å². The number of hydrogen-bond donors (Lipinski definition) is 2. The SMILES string of the molecule is Cc1c(-c2ccnc(NCc3ccc4c(c3)OCCO4)n2)cnc2nc(CO)nn12. The van der Waals surface area contributed by atoms with Crippen molar-refractivity contribution < 1.29 is 14.6 Å². The standard InChI is InChI=1S/C20H19N7O3/c1-12-14(10-23-20-25-18(11-28)26-27(12)20)15-4-5-21-19(24-15)22-9-13-2-3-16-17(8-13)30-7-6-29-16/h2-5,8,10,28H,6-7,9,11H2,1H3,(H,21,22,24). The van der Waals surface area contributed by atoms with Crippen LogP contribution in [-0.4, -0.2) is 47.9 Å². The molecule has 3 aromatic heterocycles. The van der Waals surface area contributed by atoms with Gasteiger partial charge in [0.15, 0.2) is 17.3 Å². The van der Waals surface area contributed by atoms with Gasteiger partial charge >= 0.3 is 0 Å². The Hall–Kier alpha value is -3.79. The van der Waals surface area contributed by atoms with Gasteiger partial charge in [0.2, 0.25) is 5.95 Å². The topological polar surface area (TPSA) is 120 Å². The summed E-state index contributed by atoms with van der Waals surface area (Å²) in [6, 6.07) is 7.66. The number of nitrogens with zero attached hydrogens (tertiary/aromatic N) is 6. The van der Waals surface area contributed by atoms with Gasteiger partial charge in [0, 0.05) is 24.5 Å². The molecule has 2 N–H and O–H groups in total. The largest absolute Gasteiger partial charge is 0.486 e. The lowest BCUT2D eigenvalue weighted by Gasteiger charge is -2.19. The number of rotatable bonds is 5. The van der Waals surface area contributed by atoms with E-state index < -0.39 is 0 Å². The van der Waals surface area contributed by atoms with Gasteiger partial charge < -0.3 is 19.9 Å². The van der Waals surface area contributed by atoms with Crippen LogP contribution in [0.15, 0.2) is 36.7 Å². The number of ether oxygens (including phenoxy) is 2. The van der Waals surface area contributed by atoms with Gasteiger partial charge in [-0.25, -0.2) is 19.5 Å². The first-order valence-electron chi connectivity index (χ1n) is 9.49. The summed E-state index contributed by atoms with van der Waals surface area (Å²) in [4.78, 5) is 17.4. The molecule has 1 aromatic carbocycles. The zero-order valence-corrected chi connectivity index (χ0v) is 16.2. The monoisotopic (exact) mass is 405 g/mol. The molecule has 0 fully saturated rings. The summed E-state index contributed by atoms with van der Waals surface area (Å²) in [5, 5.41) is 16.8. The summed E-state index contributed by atoms with van der Waals surface area (Å²) in [6.07, 6.45) is 3.39. The molecule has 0 bridgehead atoms. The first-order valence-corrected chi connectivity index (χ1v) is 9.49. The second-order valence-corrected chi connectivity index (χ2v) is 6.75. The number of fused-ring (bicyclic) bond motifs is 2. The van der Waals surface area contributed by atoms with Gasteiger partial charge in [-0.05, 0) is 30.7 Å². The summed E-state index contributed by atoms with van der Waals surface area (Å²) < 4.78 is 12.8. The summed E-state index contributed by atoms with van der Waals surface area (Å²) in [5.74, 6) is 2.77. The van der Waals surface area contributed by atoms with Gasteiger partial charge in [-0.2, -0.15) is 4.98 Å². The fraction of sp³-hybridized carbons (Fsp3) is 0.250. The molecule has 30 heavy (non-hydrogen) atoms. The number of anilines is 1. The van der Waals surface area contributed by atoms with Crippen LogP contribution in [0.5, 0.6) is 11.5 Å². The Morgan fingerprint density at radius 1 is 1.10 bits per heavy atom. The van der Waals surface area contributed by atoms with E-state index in [4.69, 9.17) is 9.47 Å². The quantitative estimate of drug-likeness (QED) is 0.512. The van der Waals surface area contributed by atoms with Crippen LogP contribution in [0, 0.1) is 6.92 Å². The minimum atomic E-state index is -0.237. The highest BCUT2D eigenvalue weighted by atomic mass is 16.6. The number of aliphatic hydroxyl groups is 1. The molecule has 1 aliphatic rings. The average molecular weight is 405 g/mol. The first-order chi connectivity index (χ1) is 14.7. The normalized spacial score (nSPS) is 12.9. The van der Waals surface area contributed by atoms with E-state index >= 15 is 0 Å². The maximum Gasteiger partial charge on any atom is 0.252 e. The van der Waals surface area contributed by atoms with E-state index in [1.807, 2.05) is 31.2 Å². The maximum atomic E-state index is 9.26. The fourth-order valence-electron chi connectivity index (χ4n) is 3.27. The fourth-order valence-corrected chi connectivity index (χ4v) is 3.27. The van der Waals surface area contributed by atoms with Crippen LogP contribution in [0.1, 0.15) is 17.1 Å². The van der Waals surface area contributed by atoms with Gasteiger partial charge in [-0.15, -0.1) is 5.10 Å². The third kappa shape index (κ3) is 3.37. The lowest BCUT2D eigenvalue weighted by atomic mass is 10.2. The Labute approximate surface area is 171 Å². The molecule has 0 saturated heterocycles. The van der Waals surface area contributed by atoms with Crippen molar-refractivity contribution in [3.05, 3.63) is 53.7 Å². The lowest BCUT2D eigenvalue weighted by molar-refractivity contribution is 0.171. The molecule has 10 heteroatoms. The van der Waals surface area contributed by atoms with E-state index in [2.05, 4.69) is 30.4 Å². The van der Waals surface area contributed by atoms with Crippen LogP contribution >= 0.6 is 0 Å². The molecule has 0 radical (unpaired) electrons. The van der Waals surface area contributed by atoms with Crippen LogP contribution in [0.2, 0.25) is 0 Å². The number of benzene rings is 1. The number of aromatic nitrogens is 6. The molecule has 0 unspecified atom stereocenters. The van der Waals surface area contributed by atoms with Crippen molar-refractivity contribution in [2.45, 2.75) is 20.1 Å². The number of aliphatic hydroxyl groups excluding tert-OH is 1. The molecule has 0 amide bonds. The molecule has 1 aliphatic heterocycles. The van der Waals surface area contributed by atoms with Crippen molar-refractivity contribution >= 4 is 11.7 Å². The maximum absolute atomic E-state index is 9.26. The Bertz CT molecular complexity index is 1220. The van der Waals surface area contributed by atoms with Crippen LogP contribution in [0.25, 0.3) is 17.0 Å². The Morgan fingerprint density at radius 3 is 2.83 bits per heavy atom. The predicted molar refractivity (Wildman–Crippen MR) is 107 cm³/mol. The van der Waals surface area contributed by atoms with Crippen molar-refractivity contribution in [1.82, 2.24) is 29.5 Å². The summed E-state index contributed by atoms with van der Waals surface area (Å²) >= 11 is 0. The first kappa shape index (κ1) is 18.3. The molecule has 0 aliphatic carbocycles. The number of nitrogens with one attached hydrogen (secondary N) is 1. The molecule has 152 valence electrons. The summed E-state index contributed by atoms with van der Waals surface area (Å²) in [6.45, 7) is 3.34. The van der Waals surface area contributed by atoms with Crippen molar-refractivity contribution in [3.8, 4) is 22.8 Å². The van der Waals surface area contributed by atoms with Crippen molar-refractivity contribution in [1.29, 1.82) is 0 Å². The Morgan fingerprint density at radius 2 is 1.97 bits per heavy atom. The highest BCUT2D eigenvalue weighted by molar-refractivity contribution is 5.63. The Balaban J connectivity index is 1.38. The van der Waals surface area contributed by atoms with E-state index in [9.17, 15) is 5.11 Å². The smallest absolute Gasteiger partial charge is 0.252 e. The van der Waals surface area contributed by atoms with Gasteiger partial charge in [0.05, 0.1) is 11.4 Å². The Kier molecular flexibility index (Phi) is 4.60. The molecular weight excluding hydrogens is 386 g/mol. The molecule has 0 saturated carbocycles. The van der Waals surface area contributed by atoms with Crippen molar-refractivity contribution in [2.75, 3.05) is 18.5 Å². The minimum absolute atomic E-state index is 0.237. The second-order valence-electron chi connectivity index (χ2n) is 6.75. The van der Waals surface area contributed by atoms with Gasteiger partial charge in [-0.1, -0.05) is 6.07 Å². The highest BCUT2D eigenvalue weighted by Gasteiger charge is 2.14. The molecule has 0 spiro atoms. The van der Waals surface area contributed by atoms with E-state index in [1.54, 1.807) is 16.9 Å². The van der Waals surface area contributed by atoms with Crippen LogP contribution in [0.3, 0.4) is 0 Å². The van der Waals surface area contributed by atoms with Crippen LogP contribution in [-0.2, 0) is 13.2 Å². The minimum Gasteiger partial charge on any atom is -0.486 e.